The van der Waals surface area contributed by atoms with E-state index in [-0.39, 0.29) is 16.8 Å². The number of benzene rings is 2. The number of fused-ring (bicyclic) bond motifs is 1. The maximum atomic E-state index is 13.4. The zero-order valence-corrected chi connectivity index (χ0v) is 22.8. The molecule has 3 heterocycles. The number of aryl methyl sites for hydroxylation is 3. The summed E-state index contributed by atoms with van der Waals surface area (Å²) in [6.07, 6.45) is 0.655. The molecule has 3 aromatic rings. The molecule has 0 spiro atoms. The van der Waals surface area contributed by atoms with Crippen molar-refractivity contribution in [2.45, 2.75) is 52.0 Å². The SMILES string of the molecule is CC(=O)N1c2ccc(S(=O)(=O)N3CCN(c4ccc(-c5cc(C)c(C)cc5C)nn4)CC3)cc2CC1C. The van der Waals surface area contributed by atoms with Gasteiger partial charge in [-0.05, 0) is 92.8 Å². The number of amides is 1. The first kappa shape index (κ1) is 25.4. The average Bonchev–Trinajstić information content (AvgIpc) is 3.21. The van der Waals surface area contributed by atoms with Crippen LogP contribution in [0.4, 0.5) is 11.5 Å². The predicted molar refractivity (Wildman–Crippen MR) is 145 cm³/mol. The van der Waals surface area contributed by atoms with Crippen LogP contribution in [0.1, 0.15) is 36.1 Å². The van der Waals surface area contributed by atoms with Crippen molar-refractivity contribution in [2.75, 3.05) is 36.0 Å². The Balaban J connectivity index is 1.28. The fourth-order valence-electron chi connectivity index (χ4n) is 5.43. The van der Waals surface area contributed by atoms with E-state index < -0.39 is 10.0 Å². The van der Waals surface area contributed by atoms with E-state index in [0.29, 0.717) is 32.6 Å². The molecule has 2 aliphatic rings. The standard InChI is InChI=1S/C28H33N5O3S/c1-18-14-20(3)25(15-19(18)2)26-7-9-28(30-29-26)31-10-12-32(13-11-31)37(35,36)24-6-8-27-23(17-24)16-21(4)33(27)22(5)34/h6-9,14-15,17,21H,10-13,16H2,1-5H3. The van der Waals surface area contributed by atoms with E-state index in [1.54, 1.807) is 23.1 Å². The molecule has 5 rings (SSSR count). The minimum absolute atomic E-state index is 0.0282. The first-order valence-electron chi connectivity index (χ1n) is 12.7. The highest BCUT2D eigenvalue weighted by Crippen LogP contribution is 2.35. The number of hydrogen-bond acceptors (Lipinski definition) is 6. The van der Waals surface area contributed by atoms with Crippen molar-refractivity contribution in [2.24, 2.45) is 0 Å². The van der Waals surface area contributed by atoms with Crippen LogP contribution in [0.15, 0.2) is 47.4 Å². The molecule has 0 saturated carbocycles. The molecule has 9 heteroatoms. The van der Waals surface area contributed by atoms with Crippen molar-refractivity contribution < 1.29 is 13.2 Å². The van der Waals surface area contributed by atoms with Gasteiger partial charge in [0.25, 0.3) is 0 Å². The second-order valence-electron chi connectivity index (χ2n) is 10.2. The first-order valence-corrected chi connectivity index (χ1v) is 14.1. The van der Waals surface area contributed by atoms with Crippen molar-refractivity contribution in [3.63, 3.8) is 0 Å². The second-order valence-corrected chi connectivity index (χ2v) is 12.1. The zero-order chi connectivity index (χ0) is 26.5. The van der Waals surface area contributed by atoms with Crippen molar-refractivity contribution in [1.29, 1.82) is 0 Å². The fourth-order valence-corrected chi connectivity index (χ4v) is 6.90. The lowest BCUT2D eigenvalue weighted by molar-refractivity contribution is -0.116. The molecule has 194 valence electrons. The molecule has 0 radical (unpaired) electrons. The smallest absolute Gasteiger partial charge is 0.243 e. The summed E-state index contributed by atoms with van der Waals surface area (Å²) in [7, 11) is -3.63. The summed E-state index contributed by atoms with van der Waals surface area (Å²) in [6, 6.07) is 13.4. The first-order chi connectivity index (χ1) is 17.6. The third-order valence-electron chi connectivity index (χ3n) is 7.57. The van der Waals surface area contributed by atoms with Crippen molar-refractivity contribution in [3.8, 4) is 11.3 Å². The highest BCUT2D eigenvalue weighted by molar-refractivity contribution is 7.89. The van der Waals surface area contributed by atoms with Crippen LogP contribution in [-0.2, 0) is 21.2 Å². The third kappa shape index (κ3) is 4.62. The summed E-state index contributed by atoms with van der Waals surface area (Å²) in [5.74, 6) is 0.719. The lowest BCUT2D eigenvalue weighted by Gasteiger charge is -2.34. The molecule has 1 saturated heterocycles. The Hall–Kier alpha value is -3.30. The second kappa shape index (κ2) is 9.54. The maximum absolute atomic E-state index is 13.4. The van der Waals surface area contributed by atoms with E-state index in [1.807, 2.05) is 19.1 Å². The Labute approximate surface area is 219 Å². The topological polar surface area (TPSA) is 86.7 Å². The minimum Gasteiger partial charge on any atom is -0.352 e. The molecule has 8 nitrogen and oxygen atoms in total. The number of carbonyl (C=O) groups excluding carboxylic acids is 1. The Morgan fingerprint density at radius 1 is 0.892 bits per heavy atom. The Kier molecular flexibility index (Phi) is 6.53. The van der Waals surface area contributed by atoms with Gasteiger partial charge < -0.3 is 9.80 Å². The van der Waals surface area contributed by atoms with Gasteiger partial charge in [-0.1, -0.05) is 6.07 Å². The number of sulfonamides is 1. The van der Waals surface area contributed by atoms with Gasteiger partial charge in [0, 0.05) is 50.4 Å². The molecule has 0 bridgehead atoms. The van der Waals surface area contributed by atoms with Gasteiger partial charge in [0.15, 0.2) is 5.82 Å². The van der Waals surface area contributed by atoms with Crippen LogP contribution in [0, 0.1) is 20.8 Å². The molecular formula is C28H33N5O3S. The average molecular weight is 520 g/mol. The molecular weight excluding hydrogens is 486 g/mol. The Bertz CT molecular complexity index is 1460. The predicted octanol–water partition coefficient (Wildman–Crippen LogP) is 3.88. The summed E-state index contributed by atoms with van der Waals surface area (Å²) in [4.78, 5) is 16.1. The van der Waals surface area contributed by atoms with Crippen molar-refractivity contribution in [3.05, 3.63) is 64.7 Å². The summed E-state index contributed by atoms with van der Waals surface area (Å²) in [5, 5.41) is 8.94. The molecule has 1 aromatic heterocycles. The van der Waals surface area contributed by atoms with Gasteiger partial charge in [0.2, 0.25) is 15.9 Å². The number of anilines is 2. The maximum Gasteiger partial charge on any atom is 0.243 e. The largest absolute Gasteiger partial charge is 0.352 e. The molecule has 2 aromatic carbocycles. The van der Waals surface area contributed by atoms with Crippen LogP contribution in [-0.4, -0.2) is 61.0 Å². The van der Waals surface area contributed by atoms with E-state index in [2.05, 4.69) is 48.0 Å². The van der Waals surface area contributed by atoms with E-state index in [4.69, 9.17) is 0 Å². The summed E-state index contributed by atoms with van der Waals surface area (Å²) in [6.45, 7) is 11.6. The Morgan fingerprint density at radius 2 is 1.59 bits per heavy atom. The highest BCUT2D eigenvalue weighted by Gasteiger charge is 2.33. The Morgan fingerprint density at radius 3 is 2.24 bits per heavy atom. The minimum atomic E-state index is -3.63. The van der Waals surface area contributed by atoms with E-state index in [9.17, 15) is 13.2 Å². The van der Waals surface area contributed by atoms with E-state index >= 15 is 0 Å². The number of nitrogens with zero attached hydrogens (tertiary/aromatic N) is 5. The summed E-state index contributed by atoms with van der Waals surface area (Å²) in [5.41, 5.74) is 7.26. The molecule has 1 atom stereocenters. The number of carbonyl (C=O) groups is 1. The van der Waals surface area contributed by atoms with Crippen LogP contribution >= 0.6 is 0 Å². The summed E-state index contributed by atoms with van der Waals surface area (Å²) < 4.78 is 28.4. The van der Waals surface area contributed by atoms with Gasteiger partial charge in [-0.25, -0.2) is 8.42 Å². The van der Waals surface area contributed by atoms with Gasteiger partial charge in [0.05, 0.1) is 10.6 Å². The van der Waals surface area contributed by atoms with Crippen LogP contribution in [0.3, 0.4) is 0 Å². The lowest BCUT2D eigenvalue weighted by atomic mass is 9.99. The molecule has 0 aliphatic carbocycles. The number of piperazine rings is 1. The van der Waals surface area contributed by atoms with Crippen LogP contribution in [0.5, 0.6) is 0 Å². The molecule has 37 heavy (non-hydrogen) atoms. The fraction of sp³-hybridized carbons (Fsp3) is 0.393. The van der Waals surface area contributed by atoms with Gasteiger partial charge in [0.1, 0.15) is 0 Å². The highest BCUT2D eigenvalue weighted by atomic mass is 32.2. The van der Waals surface area contributed by atoms with Crippen LogP contribution in [0.25, 0.3) is 11.3 Å². The number of hydrogen-bond donors (Lipinski definition) is 0. The van der Waals surface area contributed by atoms with Gasteiger partial charge in [-0.15, -0.1) is 10.2 Å². The van der Waals surface area contributed by atoms with Crippen molar-refractivity contribution in [1.82, 2.24) is 14.5 Å². The molecule has 2 aliphatic heterocycles. The monoisotopic (exact) mass is 519 g/mol. The zero-order valence-electron chi connectivity index (χ0n) is 22.0. The normalized spacial score (nSPS) is 18.2. The van der Waals surface area contributed by atoms with E-state index in [0.717, 1.165) is 28.3 Å². The quantitative estimate of drug-likeness (QED) is 0.520. The molecule has 1 fully saturated rings. The number of aromatic nitrogens is 2. The van der Waals surface area contributed by atoms with Gasteiger partial charge in [-0.2, -0.15) is 4.31 Å². The van der Waals surface area contributed by atoms with Gasteiger partial charge in [-0.3, -0.25) is 4.79 Å². The van der Waals surface area contributed by atoms with Crippen LogP contribution < -0.4 is 9.80 Å². The molecule has 0 N–H and O–H groups in total. The van der Waals surface area contributed by atoms with Gasteiger partial charge >= 0.3 is 0 Å². The van der Waals surface area contributed by atoms with E-state index in [1.165, 1.54) is 27.9 Å². The summed E-state index contributed by atoms with van der Waals surface area (Å²) >= 11 is 0. The molecule has 1 amide bonds. The third-order valence-corrected chi connectivity index (χ3v) is 9.47. The number of rotatable bonds is 4. The van der Waals surface area contributed by atoms with Crippen molar-refractivity contribution >= 4 is 27.4 Å². The lowest BCUT2D eigenvalue weighted by Crippen LogP contribution is -2.49. The van der Waals surface area contributed by atoms with Crippen LogP contribution in [0.2, 0.25) is 0 Å². The molecule has 1 unspecified atom stereocenters.